The number of nitrogens with one attached hydrogen (secondary N) is 2. The van der Waals surface area contributed by atoms with Crippen molar-refractivity contribution in [2.24, 2.45) is 17.8 Å². The van der Waals surface area contributed by atoms with Gasteiger partial charge in [-0.3, -0.25) is 4.79 Å². The summed E-state index contributed by atoms with van der Waals surface area (Å²) in [6, 6.07) is 0. The fourth-order valence-corrected chi connectivity index (χ4v) is 3.29. The predicted molar refractivity (Wildman–Crippen MR) is 59.9 cm³/mol. The van der Waals surface area contributed by atoms with Crippen LogP contribution in [0.15, 0.2) is 0 Å². The summed E-state index contributed by atoms with van der Waals surface area (Å²) in [6.45, 7) is 3.21. The van der Waals surface area contributed by atoms with Gasteiger partial charge in [0.15, 0.2) is 0 Å². The van der Waals surface area contributed by atoms with Gasteiger partial charge in [-0.25, -0.2) is 0 Å². The van der Waals surface area contributed by atoms with Crippen molar-refractivity contribution in [3.63, 3.8) is 0 Å². The van der Waals surface area contributed by atoms with E-state index in [9.17, 15) is 4.79 Å². The van der Waals surface area contributed by atoms with Gasteiger partial charge in [0.2, 0.25) is 5.91 Å². The number of carbonyl (C=O) groups is 1. The average Bonchev–Trinajstić information content (AvgIpc) is 2.81. The van der Waals surface area contributed by atoms with E-state index in [0.29, 0.717) is 24.3 Å². The van der Waals surface area contributed by atoms with Crippen molar-refractivity contribution in [2.45, 2.75) is 25.4 Å². The minimum absolute atomic E-state index is 0.163. The Bertz CT molecular complexity index is 266. The zero-order valence-corrected chi connectivity index (χ0v) is 9.58. The van der Waals surface area contributed by atoms with Crippen LogP contribution < -0.4 is 10.6 Å². The first-order chi connectivity index (χ1) is 7.86. The zero-order valence-electron chi connectivity index (χ0n) is 9.58. The molecule has 4 heteroatoms. The number of ether oxygens (including phenoxy) is 1. The van der Waals surface area contributed by atoms with Crippen LogP contribution in [0.25, 0.3) is 0 Å². The highest BCUT2D eigenvalue weighted by Gasteiger charge is 2.56. The van der Waals surface area contributed by atoms with Crippen molar-refractivity contribution >= 4 is 5.91 Å². The zero-order chi connectivity index (χ0) is 11.0. The van der Waals surface area contributed by atoms with Crippen molar-refractivity contribution in [1.29, 1.82) is 0 Å². The van der Waals surface area contributed by atoms with Crippen LogP contribution in [0.5, 0.6) is 0 Å². The molecule has 90 valence electrons. The molecule has 0 radical (unpaired) electrons. The maximum Gasteiger partial charge on any atom is 0.223 e. The van der Waals surface area contributed by atoms with Crippen molar-refractivity contribution < 1.29 is 9.53 Å². The Kier molecular flexibility index (Phi) is 2.86. The molecule has 3 atom stereocenters. The predicted octanol–water partition coefficient (Wildman–Crippen LogP) is 0.137. The van der Waals surface area contributed by atoms with Gasteiger partial charge in [-0.2, -0.15) is 0 Å². The number of hydrogen-bond donors (Lipinski definition) is 2. The summed E-state index contributed by atoms with van der Waals surface area (Å²) in [6.07, 6.45) is 4.03. The second kappa shape index (κ2) is 4.34. The van der Waals surface area contributed by atoms with Gasteiger partial charge < -0.3 is 15.4 Å². The van der Waals surface area contributed by atoms with E-state index in [1.54, 1.807) is 0 Å². The lowest BCUT2D eigenvalue weighted by Crippen LogP contribution is -2.45. The third-order valence-electron chi connectivity index (χ3n) is 4.22. The molecular weight excluding hydrogens is 204 g/mol. The summed E-state index contributed by atoms with van der Waals surface area (Å²) in [5, 5.41) is 6.31. The summed E-state index contributed by atoms with van der Waals surface area (Å²) in [5.41, 5.74) is 0. The number of carbonyl (C=O) groups excluding carboxylic acids is 1. The first-order valence-corrected chi connectivity index (χ1v) is 6.46. The molecule has 2 saturated carbocycles. The van der Waals surface area contributed by atoms with Crippen molar-refractivity contribution in [3.05, 3.63) is 0 Å². The number of hydrogen-bond acceptors (Lipinski definition) is 3. The van der Waals surface area contributed by atoms with E-state index in [-0.39, 0.29) is 12.0 Å². The fraction of sp³-hybridized carbons (Fsp3) is 0.917. The number of amides is 1. The second-order valence-corrected chi connectivity index (χ2v) is 5.23. The minimum Gasteiger partial charge on any atom is -0.374 e. The molecule has 4 nitrogen and oxygen atoms in total. The molecule has 1 aliphatic heterocycles. The van der Waals surface area contributed by atoms with Gasteiger partial charge in [-0.1, -0.05) is 6.42 Å². The van der Waals surface area contributed by atoms with E-state index in [1.165, 1.54) is 19.3 Å². The standard InChI is InChI=1S/C12H20N2O2/c15-12(11-9-2-1-3-10(9)11)14-7-8-6-13-4-5-16-8/h8-11,13H,1-7H2,(H,14,15). The summed E-state index contributed by atoms with van der Waals surface area (Å²) < 4.78 is 5.55. The topological polar surface area (TPSA) is 50.4 Å². The largest absolute Gasteiger partial charge is 0.374 e. The van der Waals surface area contributed by atoms with E-state index in [0.717, 1.165) is 19.7 Å². The molecule has 3 fully saturated rings. The number of rotatable bonds is 3. The second-order valence-electron chi connectivity index (χ2n) is 5.23. The average molecular weight is 224 g/mol. The Morgan fingerprint density at radius 3 is 2.88 bits per heavy atom. The molecule has 2 aliphatic carbocycles. The third-order valence-corrected chi connectivity index (χ3v) is 4.22. The summed E-state index contributed by atoms with van der Waals surface area (Å²) in [5.74, 6) is 2.03. The van der Waals surface area contributed by atoms with Gasteiger partial charge in [-0.05, 0) is 24.7 Å². The molecule has 2 N–H and O–H groups in total. The van der Waals surface area contributed by atoms with Crippen LogP contribution in [0.4, 0.5) is 0 Å². The molecule has 1 saturated heterocycles. The summed E-state index contributed by atoms with van der Waals surface area (Å²) in [7, 11) is 0. The summed E-state index contributed by atoms with van der Waals surface area (Å²) in [4.78, 5) is 11.9. The molecular formula is C12H20N2O2. The molecule has 0 aromatic rings. The third kappa shape index (κ3) is 1.96. The Labute approximate surface area is 96.1 Å². The molecule has 3 unspecified atom stereocenters. The van der Waals surface area contributed by atoms with Crippen LogP contribution in [-0.2, 0) is 9.53 Å². The maximum atomic E-state index is 11.9. The highest BCUT2D eigenvalue weighted by molar-refractivity contribution is 5.82. The van der Waals surface area contributed by atoms with E-state index >= 15 is 0 Å². The van der Waals surface area contributed by atoms with Crippen molar-refractivity contribution in [1.82, 2.24) is 10.6 Å². The number of morpholine rings is 1. The monoisotopic (exact) mass is 224 g/mol. The van der Waals surface area contributed by atoms with Gasteiger partial charge in [-0.15, -0.1) is 0 Å². The molecule has 0 aromatic heterocycles. The van der Waals surface area contributed by atoms with Crippen molar-refractivity contribution in [3.8, 4) is 0 Å². The van der Waals surface area contributed by atoms with E-state index in [2.05, 4.69) is 10.6 Å². The Hall–Kier alpha value is -0.610. The quantitative estimate of drug-likeness (QED) is 0.717. The summed E-state index contributed by atoms with van der Waals surface area (Å²) >= 11 is 0. The van der Waals surface area contributed by atoms with Crippen LogP contribution in [0.3, 0.4) is 0 Å². The van der Waals surface area contributed by atoms with E-state index in [4.69, 9.17) is 4.74 Å². The fourth-order valence-electron chi connectivity index (χ4n) is 3.29. The Morgan fingerprint density at radius 1 is 1.38 bits per heavy atom. The lowest BCUT2D eigenvalue weighted by Gasteiger charge is -2.23. The molecule has 0 aromatic carbocycles. The maximum absolute atomic E-state index is 11.9. The van der Waals surface area contributed by atoms with Gasteiger partial charge in [0, 0.05) is 25.6 Å². The molecule has 1 amide bonds. The lowest BCUT2D eigenvalue weighted by molar-refractivity contribution is -0.123. The van der Waals surface area contributed by atoms with Crippen LogP contribution in [0.2, 0.25) is 0 Å². The number of fused-ring (bicyclic) bond motifs is 1. The van der Waals surface area contributed by atoms with Crippen LogP contribution in [-0.4, -0.2) is 38.3 Å². The normalized spacial score (nSPS) is 41.5. The lowest BCUT2D eigenvalue weighted by atomic mass is 10.1. The molecule has 16 heavy (non-hydrogen) atoms. The SMILES string of the molecule is O=C(NCC1CNCCO1)C1C2CCCC21. The van der Waals surface area contributed by atoms with Gasteiger partial charge in [0.05, 0.1) is 12.7 Å². The van der Waals surface area contributed by atoms with Crippen LogP contribution >= 0.6 is 0 Å². The van der Waals surface area contributed by atoms with Crippen molar-refractivity contribution in [2.75, 3.05) is 26.2 Å². The van der Waals surface area contributed by atoms with Crippen LogP contribution in [0, 0.1) is 17.8 Å². The highest BCUT2D eigenvalue weighted by atomic mass is 16.5. The van der Waals surface area contributed by atoms with Gasteiger partial charge in [0.1, 0.15) is 0 Å². The minimum atomic E-state index is 0.163. The first kappa shape index (κ1) is 10.5. The Morgan fingerprint density at radius 2 is 2.19 bits per heavy atom. The van der Waals surface area contributed by atoms with E-state index < -0.39 is 0 Å². The van der Waals surface area contributed by atoms with Gasteiger partial charge >= 0.3 is 0 Å². The molecule has 0 spiro atoms. The smallest absolute Gasteiger partial charge is 0.223 e. The first-order valence-electron chi connectivity index (χ1n) is 6.46. The van der Waals surface area contributed by atoms with Crippen LogP contribution in [0.1, 0.15) is 19.3 Å². The van der Waals surface area contributed by atoms with E-state index in [1.807, 2.05) is 0 Å². The molecule has 0 bridgehead atoms. The van der Waals surface area contributed by atoms with Gasteiger partial charge in [0.25, 0.3) is 0 Å². The molecule has 3 rings (SSSR count). The highest BCUT2D eigenvalue weighted by Crippen LogP contribution is 2.57. The Balaban J connectivity index is 1.40. The molecule has 3 aliphatic rings. The molecule has 1 heterocycles.